The maximum absolute atomic E-state index is 12.3. The summed E-state index contributed by atoms with van der Waals surface area (Å²) in [5.41, 5.74) is 2.15. The molecule has 1 unspecified atom stereocenters. The zero-order valence-electron chi connectivity index (χ0n) is 14.4. The molecule has 1 atom stereocenters. The van der Waals surface area contributed by atoms with Gasteiger partial charge in [0.15, 0.2) is 0 Å². The van der Waals surface area contributed by atoms with E-state index in [1.54, 1.807) is 24.3 Å². The molecule has 0 heterocycles. The number of carbonyl (C=O) groups is 2. The van der Waals surface area contributed by atoms with Gasteiger partial charge in [0.25, 0.3) is 11.8 Å². The van der Waals surface area contributed by atoms with Crippen molar-refractivity contribution in [2.24, 2.45) is 5.92 Å². The molecule has 2 rings (SSSR count). The first-order valence-corrected chi connectivity index (χ1v) is 8.21. The molecular formula is C20H24N2O2. The molecule has 0 radical (unpaired) electrons. The lowest BCUT2D eigenvalue weighted by Gasteiger charge is -2.14. The lowest BCUT2D eigenvalue weighted by molar-refractivity contribution is 0.0931. The van der Waals surface area contributed by atoms with Crippen LogP contribution in [0.15, 0.2) is 54.6 Å². The SMILES string of the molecule is CC(C)CNC(=O)c1ccc(C(=O)NC(C)c2ccccc2)cc1. The van der Waals surface area contributed by atoms with Crippen molar-refractivity contribution in [1.82, 2.24) is 10.6 Å². The first kappa shape index (κ1) is 17.7. The molecule has 0 saturated carbocycles. The van der Waals surface area contributed by atoms with Crippen LogP contribution in [0.5, 0.6) is 0 Å². The molecule has 126 valence electrons. The van der Waals surface area contributed by atoms with Crippen molar-refractivity contribution < 1.29 is 9.59 Å². The molecule has 0 bridgehead atoms. The maximum atomic E-state index is 12.3. The Morgan fingerprint density at radius 1 is 0.833 bits per heavy atom. The van der Waals surface area contributed by atoms with Gasteiger partial charge in [-0.1, -0.05) is 44.2 Å². The fourth-order valence-electron chi connectivity index (χ4n) is 2.28. The summed E-state index contributed by atoms with van der Waals surface area (Å²) in [7, 11) is 0. The van der Waals surface area contributed by atoms with Crippen molar-refractivity contribution in [3.05, 3.63) is 71.3 Å². The Balaban J connectivity index is 1.97. The summed E-state index contributed by atoms with van der Waals surface area (Å²) in [4.78, 5) is 24.3. The largest absolute Gasteiger partial charge is 0.352 e. The van der Waals surface area contributed by atoms with Crippen LogP contribution in [-0.4, -0.2) is 18.4 Å². The molecule has 2 aromatic carbocycles. The van der Waals surface area contributed by atoms with Crippen molar-refractivity contribution in [1.29, 1.82) is 0 Å². The van der Waals surface area contributed by atoms with E-state index in [1.165, 1.54) is 0 Å². The third-order valence-electron chi connectivity index (χ3n) is 3.73. The molecule has 0 saturated heterocycles. The van der Waals surface area contributed by atoms with Gasteiger partial charge >= 0.3 is 0 Å². The minimum Gasteiger partial charge on any atom is -0.352 e. The molecule has 0 fully saturated rings. The normalized spacial score (nSPS) is 11.8. The van der Waals surface area contributed by atoms with E-state index < -0.39 is 0 Å². The highest BCUT2D eigenvalue weighted by molar-refractivity contribution is 5.97. The molecule has 0 aromatic heterocycles. The van der Waals surface area contributed by atoms with Crippen LogP contribution in [0.3, 0.4) is 0 Å². The first-order valence-electron chi connectivity index (χ1n) is 8.21. The van der Waals surface area contributed by atoms with Crippen molar-refractivity contribution in [2.75, 3.05) is 6.54 Å². The van der Waals surface area contributed by atoms with E-state index in [2.05, 4.69) is 10.6 Å². The van der Waals surface area contributed by atoms with E-state index in [9.17, 15) is 9.59 Å². The van der Waals surface area contributed by atoms with Crippen LogP contribution in [0.4, 0.5) is 0 Å². The van der Waals surface area contributed by atoms with Gasteiger partial charge < -0.3 is 10.6 Å². The summed E-state index contributed by atoms with van der Waals surface area (Å²) >= 11 is 0. The fourth-order valence-corrected chi connectivity index (χ4v) is 2.28. The first-order chi connectivity index (χ1) is 11.5. The van der Waals surface area contributed by atoms with E-state index in [0.29, 0.717) is 23.6 Å². The highest BCUT2D eigenvalue weighted by Gasteiger charge is 2.12. The van der Waals surface area contributed by atoms with E-state index in [1.807, 2.05) is 51.1 Å². The van der Waals surface area contributed by atoms with Gasteiger partial charge in [-0.25, -0.2) is 0 Å². The maximum Gasteiger partial charge on any atom is 0.251 e. The number of hydrogen-bond acceptors (Lipinski definition) is 2. The summed E-state index contributed by atoms with van der Waals surface area (Å²) in [6.07, 6.45) is 0. The number of carbonyl (C=O) groups excluding carboxylic acids is 2. The number of hydrogen-bond donors (Lipinski definition) is 2. The molecule has 2 aromatic rings. The third kappa shape index (κ3) is 4.95. The number of amides is 2. The Hall–Kier alpha value is -2.62. The lowest BCUT2D eigenvalue weighted by atomic mass is 10.1. The van der Waals surface area contributed by atoms with Crippen molar-refractivity contribution in [3.63, 3.8) is 0 Å². The van der Waals surface area contributed by atoms with Crippen molar-refractivity contribution in [2.45, 2.75) is 26.8 Å². The topological polar surface area (TPSA) is 58.2 Å². The lowest BCUT2D eigenvalue weighted by Crippen LogP contribution is -2.28. The Labute approximate surface area is 143 Å². The number of rotatable bonds is 6. The van der Waals surface area contributed by atoms with Gasteiger partial charge in [-0.2, -0.15) is 0 Å². The van der Waals surface area contributed by atoms with Crippen LogP contribution >= 0.6 is 0 Å². The average Bonchev–Trinajstić information content (AvgIpc) is 2.60. The summed E-state index contributed by atoms with van der Waals surface area (Å²) in [5, 5.41) is 5.82. The van der Waals surface area contributed by atoms with Crippen LogP contribution in [0.2, 0.25) is 0 Å². The van der Waals surface area contributed by atoms with E-state index in [0.717, 1.165) is 5.56 Å². The van der Waals surface area contributed by atoms with Gasteiger partial charge in [0.05, 0.1) is 6.04 Å². The molecule has 2 amide bonds. The van der Waals surface area contributed by atoms with Crippen molar-refractivity contribution >= 4 is 11.8 Å². The highest BCUT2D eigenvalue weighted by atomic mass is 16.2. The van der Waals surface area contributed by atoms with E-state index >= 15 is 0 Å². The van der Waals surface area contributed by atoms with E-state index in [4.69, 9.17) is 0 Å². The minimum atomic E-state index is -0.152. The molecule has 4 nitrogen and oxygen atoms in total. The second-order valence-electron chi connectivity index (χ2n) is 6.29. The van der Waals surface area contributed by atoms with Crippen LogP contribution in [0.1, 0.15) is 53.1 Å². The summed E-state index contributed by atoms with van der Waals surface area (Å²) < 4.78 is 0. The zero-order valence-corrected chi connectivity index (χ0v) is 14.4. The highest BCUT2D eigenvalue weighted by Crippen LogP contribution is 2.13. The van der Waals surface area contributed by atoms with Crippen LogP contribution in [-0.2, 0) is 0 Å². The second-order valence-corrected chi connectivity index (χ2v) is 6.29. The molecule has 24 heavy (non-hydrogen) atoms. The number of nitrogens with one attached hydrogen (secondary N) is 2. The molecule has 0 spiro atoms. The molecule has 2 N–H and O–H groups in total. The summed E-state index contributed by atoms with van der Waals surface area (Å²) in [6.45, 7) is 6.67. The predicted octanol–water partition coefficient (Wildman–Crippen LogP) is 3.56. The van der Waals surface area contributed by atoms with Crippen LogP contribution in [0.25, 0.3) is 0 Å². The quantitative estimate of drug-likeness (QED) is 0.853. The van der Waals surface area contributed by atoms with Crippen molar-refractivity contribution in [3.8, 4) is 0 Å². The minimum absolute atomic E-state index is 0.0762. The Morgan fingerprint density at radius 2 is 1.38 bits per heavy atom. The molecular weight excluding hydrogens is 300 g/mol. The predicted molar refractivity (Wildman–Crippen MR) is 95.9 cm³/mol. The Bertz CT molecular complexity index is 679. The van der Waals surface area contributed by atoms with Gasteiger partial charge in [-0.15, -0.1) is 0 Å². The second kappa shape index (κ2) is 8.29. The molecule has 4 heteroatoms. The van der Waals surface area contributed by atoms with Gasteiger partial charge in [0.2, 0.25) is 0 Å². The summed E-state index contributed by atoms with van der Waals surface area (Å²) in [6, 6.07) is 16.4. The van der Waals surface area contributed by atoms with Gasteiger partial charge in [-0.05, 0) is 42.7 Å². The zero-order chi connectivity index (χ0) is 17.5. The standard InChI is InChI=1S/C20H24N2O2/c1-14(2)13-21-19(23)17-9-11-18(12-10-17)20(24)22-15(3)16-7-5-4-6-8-16/h4-12,14-15H,13H2,1-3H3,(H,21,23)(H,22,24). The molecule has 0 aliphatic rings. The molecule has 0 aliphatic heterocycles. The van der Waals surface area contributed by atoms with Gasteiger partial charge in [0, 0.05) is 17.7 Å². The Kier molecular flexibility index (Phi) is 6.13. The van der Waals surface area contributed by atoms with E-state index in [-0.39, 0.29) is 17.9 Å². The fraction of sp³-hybridized carbons (Fsp3) is 0.300. The summed E-state index contributed by atoms with van der Waals surface area (Å²) in [5.74, 6) is 0.132. The van der Waals surface area contributed by atoms with Crippen LogP contribution in [0, 0.1) is 5.92 Å². The van der Waals surface area contributed by atoms with Gasteiger partial charge in [0.1, 0.15) is 0 Å². The average molecular weight is 324 g/mol. The van der Waals surface area contributed by atoms with Gasteiger partial charge in [-0.3, -0.25) is 9.59 Å². The monoisotopic (exact) mass is 324 g/mol. The third-order valence-corrected chi connectivity index (χ3v) is 3.73. The number of benzene rings is 2. The van der Waals surface area contributed by atoms with Crippen LogP contribution < -0.4 is 10.6 Å². The molecule has 0 aliphatic carbocycles. The smallest absolute Gasteiger partial charge is 0.251 e. The Morgan fingerprint density at radius 3 is 1.92 bits per heavy atom.